The van der Waals surface area contributed by atoms with Crippen molar-refractivity contribution in [3.8, 4) is 17.2 Å². The van der Waals surface area contributed by atoms with E-state index in [2.05, 4.69) is 58.2 Å². The SMILES string of the molecule is C=CCc1cc(C(C)(c2ccc(C(C)(C)c3cccc(O)c3)cc2)c2ccc(O)c(CC=C)c2)ccc1O. The van der Waals surface area contributed by atoms with Crippen LogP contribution in [0.25, 0.3) is 0 Å². The van der Waals surface area contributed by atoms with Gasteiger partial charge in [-0.2, -0.15) is 0 Å². The van der Waals surface area contributed by atoms with Crippen LogP contribution in [0.3, 0.4) is 0 Å². The van der Waals surface area contributed by atoms with Crippen molar-refractivity contribution in [2.24, 2.45) is 0 Å². The van der Waals surface area contributed by atoms with E-state index >= 15 is 0 Å². The standard InChI is InChI=1S/C35H36O3/c1-6-9-24-21-29(17-19-32(24)37)35(5,30-18-20-33(38)25(22-30)10-7-2)27-15-13-26(14-16-27)34(3,4)28-11-8-12-31(36)23-28/h6-8,11-23,36-38H,1-2,9-10H2,3-5H3. The molecule has 4 aromatic carbocycles. The molecule has 0 atom stereocenters. The predicted octanol–water partition coefficient (Wildman–Crippen LogP) is 7.94. The number of hydrogen-bond acceptors (Lipinski definition) is 3. The second kappa shape index (κ2) is 10.6. The molecule has 0 fully saturated rings. The van der Waals surface area contributed by atoms with Gasteiger partial charge in [-0.15, -0.1) is 13.2 Å². The molecule has 3 N–H and O–H groups in total. The van der Waals surface area contributed by atoms with Gasteiger partial charge in [-0.05, 0) is 83.0 Å². The zero-order valence-electron chi connectivity index (χ0n) is 22.4. The summed E-state index contributed by atoms with van der Waals surface area (Å²) in [6, 6.07) is 27.5. The fourth-order valence-corrected chi connectivity index (χ4v) is 5.21. The van der Waals surface area contributed by atoms with Crippen LogP contribution in [0.1, 0.15) is 59.7 Å². The number of phenolic OH excluding ortho intramolecular Hbond substituents is 3. The summed E-state index contributed by atoms with van der Waals surface area (Å²) in [5, 5.41) is 31.0. The van der Waals surface area contributed by atoms with Crippen molar-refractivity contribution >= 4 is 0 Å². The third-order valence-electron chi connectivity index (χ3n) is 7.79. The summed E-state index contributed by atoms with van der Waals surface area (Å²) in [7, 11) is 0. The van der Waals surface area contributed by atoms with E-state index in [0.29, 0.717) is 12.8 Å². The lowest BCUT2D eigenvalue weighted by molar-refractivity contribution is 0.468. The Hall–Kier alpha value is -4.24. The highest BCUT2D eigenvalue weighted by atomic mass is 16.3. The summed E-state index contributed by atoms with van der Waals surface area (Å²) >= 11 is 0. The van der Waals surface area contributed by atoms with Gasteiger partial charge in [-0.1, -0.05) is 86.7 Å². The fourth-order valence-electron chi connectivity index (χ4n) is 5.21. The van der Waals surface area contributed by atoms with Crippen molar-refractivity contribution in [1.82, 2.24) is 0 Å². The van der Waals surface area contributed by atoms with Crippen LogP contribution in [-0.4, -0.2) is 15.3 Å². The molecule has 0 bridgehead atoms. The van der Waals surface area contributed by atoms with Crippen molar-refractivity contribution < 1.29 is 15.3 Å². The third kappa shape index (κ3) is 4.97. The molecule has 0 aliphatic carbocycles. The topological polar surface area (TPSA) is 60.7 Å². The van der Waals surface area contributed by atoms with Crippen LogP contribution >= 0.6 is 0 Å². The molecule has 194 valence electrons. The Bertz CT molecular complexity index is 1400. The van der Waals surface area contributed by atoms with Gasteiger partial charge in [-0.3, -0.25) is 0 Å². The molecule has 38 heavy (non-hydrogen) atoms. The predicted molar refractivity (Wildman–Crippen MR) is 156 cm³/mol. The molecule has 4 aromatic rings. The van der Waals surface area contributed by atoms with Gasteiger partial charge in [-0.25, -0.2) is 0 Å². The van der Waals surface area contributed by atoms with Gasteiger partial charge in [0, 0.05) is 10.8 Å². The van der Waals surface area contributed by atoms with E-state index < -0.39 is 5.41 Å². The van der Waals surface area contributed by atoms with Gasteiger partial charge in [0.15, 0.2) is 0 Å². The number of benzene rings is 4. The van der Waals surface area contributed by atoms with Gasteiger partial charge in [0.25, 0.3) is 0 Å². The lowest BCUT2D eigenvalue weighted by atomic mass is 9.69. The van der Waals surface area contributed by atoms with E-state index in [4.69, 9.17) is 0 Å². The molecular weight excluding hydrogens is 468 g/mol. The van der Waals surface area contributed by atoms with Crippen LogP contribution in [-0.2, 0) is 23.7 Å². The molecule has 0 saturated heterocycles. The van der Waals surface area contributed by atoms with Gasteiger partial charge in [0.2, 0.25) is 0 Å². The fraction of sp³-hybridized carbons (Fsp3) is 0.200. The van der Waals surface area contributed by atoms with Crippen LogP contribution in [0.2, 0.25) is 0 Å². The first-order chi connectivity index (χ1) is 18.1. The second-order valence-corrected chi connectivity index (χ2v) is 10.6. The lowest BCUT2D eigenvalue weighted by Gasteiger charge is -2.34. The van der Waals surface area contributed by atoms with E-state index in [0.717, 1.165) is 38.9 Å². The van der Waals surface area contributed by atoms with E-state index in [-0.39, 0.29) is 22.7 Å². The molecule has 0 saturated carbocycles. The van der Waals surface area contributed by atoms with E-state index in [1.54, 1.807) is 30.4 Å². The maximum Gasteiger partial charge on any atom is 0.119 e. The molecule has 0 spiro atoms. The van der Waals surface area contributed by atoms with Gasteiger partial charge < -0.3 is 15.3 Å². The van der Waals surface area contributed by atoms with Gasteiger partial charge >= 0.3 is 0 Å². The molecule has 0 heterocycles. The number of hydrogen-bond donors (Lipinski definition) is 3. The molecule has 3 heteroatoms. The molecule has 0 aliphatic rings. The van der Waals surface area contributed by atoms with Crippen LogP contribution in [0, 0.1) is 0 Å². The quantitative estimate of drug-likeness (QED) is 0.160. The maximum atomic E-state index is 10.5. The highest BCUT2D eigenvalue weighted by Gasteiger charge is 2.33. The highest BCUT2D eigenvalue weighted by molar-refractivity contribution is 5.55. The number of phenols is 3. The average molecular weight is 505 g/mol. The Balaban J connectivity index is 1.88. The lowest BCUT2D eigenvalue weighted by Crippen LogP contribution is -2.26. The molecule has 3 nitrogen and oxygen atoms in total. The van der Waals surface area contributed by atoms with Crippen LogP contribution < -0.4 is 0 Å². The number of aromatic hydroxyl groups is 3. The second-order valence-electron chi connectivity index (χ2n) is 10.6. The van der Waals surface area contributed by atoms with Crippen molar-refractivity contribution in [2.75, 3.05) is 0 Å². The molecule has 0 unspecified atom stereocenters. The minimum atomic E-state index is -0.569. The largest absolute Gasteiger partial charge is 0.508 e. The van der Waals surface area contributed by atoms with E-state index in [1.165, 1.54) is 0 Å². The number of allylic oxidation sites excluding steroid dienone is 2. The highest BCUT2D eigenvalue weighted by Crippen LogP contribution is 2.43. The third-order valence-corrected chi connectivity index (χ3v) is 7.79. The minimum Gasteiger partial charge on any atom is -0.508 e. The zero-order valence-corrected chi connectivity index (χ0v) is 22.4. The molecule has 0 radical (unpaired) electrons. The van der Waals surface area contributed by atoms with E-state index in [1.807, 2.05) is 42.5 Å². The van der Waals surface area contributed by atoms with Crippen molar-refractivity contribution in [3.05, 3.63) is 149 Å². The summed E-state index contributed by atoms with van der Waals surface area (Å²) in [4.78, 5) is 0. The molecule has 0 amide bonds. The Morgan fingerprint density at radius 2 is 1.05 bits per heavy atom. The molecule has 0 aliphatic heterocycles. The first kappa shape index (κ1) is 26.8. The van der Waals surface area contributed by atoms with Crippen LogP contribution in [0.15, 0.2) is 110 Å². The molecule has 4 rings (SSSR count). The van der Waals surface area contributed by atoms with Crippen molar-refractivity contribution in [1.29, 1.82) is 0 Å². The summed E-state index contributed by atoms with van der Waals surface area (Å²) in [5.74, 6) is 0.750. The van der Waals surface area contributed by atoms with Crippen LogP contribution in [0.4, 0.5) is 0 Å². The molecule has 0 aromatic heterocycles. The summed E-state index contributed by atoms with van der Waals surface area (Å²) in [6.45, 7) is 14.2. The average Bonchev–Trinajstić information content (AvgIpc) is 2.91. The van der Waals surface area contributed by atoms with Crippen molar-refractivity contribution in [3.63, 3.8) is 0 Å². The number of rotatable bonds is 9. The monoisotopic (exact) mass is 504 g/mol. The van der Waals surface area contributed by atoms with Crippen molar-refractivity contribution in [2.45, 2.75) is 44.4 Å². The Labute approximate surface area is 226 Å². The zero-order chi connectivity index (χ0) is 27.5. The summed E-state index contributed by atoms with van der Waals surface area (Å²) in [6.07, 6.45) is 4.70. The first-order valence-corrected chi connectivity index (χ1v) is 12.9. The normalized spacial score (nSPS) is 11.8. The van der Waals surface area contributed by atoms with E-state index in [9.17, 15) is 15.3 Å². The maximum absolute atomic E-state index is 10.5. The minimum absolute atomic E-state index is 0.247. The van der Waals surface area contributed by atoms with Gasteiger partial charge in [0.1, 0.15) is 17.2 Å². The first-order valence-electron chi connectivity index (χ1n) is 12.9. The Morgan fingerprint density at radius 3 is 1.53 bits per heavy atom. The van der Waals surface area contributed by atoms with Crippen LogP contribution in [0.5, 0.6) is 17.2 Å². The summed E-state index contributed by atoms with van der Waals surface area (Å²) in [5.41, 5.74) is 6.06. The Morgan fingerprint density at radius 1 is 0.579 bits per heavy atom. The Kier molecular flexibility index (Phi) is 7.50. The van der Waals surface area contributed by atoms with Gasteiger partial charge in [0.05, 0.1) is 0 Å². The summed E-state index contributed by atoms with van der Waals surface area (Å²) < 4.78 is 0. The molecular formula is C35H36O3. The smallest absolute Gasteiger partial charge is 0.119 e.